The van der Waals surface area contributed by atoms with Crippen LogP contribution in [0.1, 0.15) is 25.3 Å². The van der Waals surface area contributed by atoms with Gasteiger partial charge in [0.1, 0.15) is 5.75 Å². The highest BCUT2D eigenvalue weighted by Crippen LogP contribution is 2.30. The molecule has 0 N–H and O–H groups in total. The molecule has 2 rings (SSSR count). The molecule has 0 aromatic carbocycles. The first kappa shape index (κ1) is 12.4. The van der Waals surface area contributed by atoms with E-state index in [0.29, 0.717) is 18.3 Å². The maximum Gasteiger partial charge on any atom is 0.195 e. The van der Waals surface area contributed by atoms with Crippen LogP contribution in [0.4, 0.5) is 0 Å². The third-order valence-electron chi connectivity index (χ3n) is 2.91. The summed E-state index contributed by atoms with van der Waals surface area (Å²) in [5.41, 5.74) is 0.827. The van der Waals surface area contributed by atoms with Gasteiger partial charge >= 0.3 is 0 Å². The first-order valence-electron chi connectivity index (χ1n) is 5.85. The van der Waals surface area contributed by atoms with Crippen molar-refractivity contribution < 1.29 is 13.2 Å². The molecule has 0 saturated heterocycles. The average Bonchev–Trinajstić information content (AvgIpc) is 3.11. The molecule has 1 saturated carbocycles. The summed E-state index contributed by atoms with van der Waals surface area (Å²) >= 11 is 0. The number of pyridine rings is 1. The standard InChI is InChI=1S/C12H17NO3S/c1-3-17(14,15)12-6-9(2)11(7-13-12)16-8-10-4-5-10/h6-7,10H,3-5,8H2,1-2H3. The van der Waals surface area contributed by atoms with E-state index in [1.807, 2.05) is 6.92 Å². The molecule has 0 spiro atoms. The minimum atomic E-state index is -3.22. The Hall–Kier alpha value is -1.10. The smallest absolute Gasteiger partial charge is 0.195 e. The van der Waals surface area contributed by atoms with Crippen molar-refractivity contribution in [2.24, 2.45) is 5.92 Å². The lowest BCUT2D eigenvalue weighted by molar-refractivity contribution is 0.296. The Morgan fingerprint density at radius 3 is 2.71 bits per heavy atom. The van der Waals surface area contributed by atoms with E-state index in [4.69, 9.17) is 4.74 Å². The third kappa shape index (κ3) is 2.97. The van der Waals surface area contributed by atoms with Crippen LogP contribution in [0.2, 0.25) is 0 Å². The molecule has 0 bridgehead atoms. The van der Waals surface area contributed by atoms with E-state index in [1.54, 1.807) is 13.0 Å². The van der Waals surface area contributed by atoms with Crippen LogP contribution >= 0.6 is 0 Å². The van der Waals surface area contributed by atoms with Crippen molar-refractivity contribution >= 4 is 9.84 Å². The lowest BCUT2D eigenvalue weighted by Gasteiger charge is -2.09. The van der Waals surface area contributed by atoms with Gasteiger partial charge in [-0.1, -0.05) is 6.92 Å². The maximum absolute atomic E-state index is 11.6. The van der Waals surface area contributed by atoms with Crippen LogP contribution in [0.5, 0.6) is 5.75 Å². The lowest BCUT2D eigenvalue weighted by atomic mass is 10.3. The van der Waals surface area contributed by atoms with E-state index >= 15 is 0 Å². The number of nitrogens with zero attached hydrogens (tertiary/aromatic N) is 1. The molecule has 1 aliphatic carbocycles. The van der Waals surface area contributed by atoms with Gasteiger partial charge < -0.3 is 4.74 Å². The highest BCUT2D eigenvalue weighted by atomic mass is 32.2. The Balaban J connectivity index is 2.15. The molecule has 1 aromatic rings. The average molecular weight is 255 g/mol. The summed E-state index contributed by atoms with van der Waals surface area (Å²) in [6.07, 6.45) is 3.98. The molecular formula is C12H17NO3S. The summed E-state index contributed by atoms with van der Waals surface area (Å²) in [4.78, 5) is 3.97. The quantitative estimate of drug-likeness (QED) is 0.807. The van der Waals surface area contributed by atoms with Gasteiger partial charge in [-0.25, -0.2) is 13.4 Å². The van der Waals surface area contributed by atoms with Crippen molar-refractivity contribution in [3.63, 3.8) is 0 Å². The molecular weight excluding hydrogens is 238 g/mol. The first-order valence-corrected chi connectivity index (χ1v) is 7.50. The minimum Gasteiger partial charge on any atom is -0.491 e. The van der Waals surface area contributed by atoms with Gasteiger partial charge in [0.05, 0.1) is 18.6 Å². The first-order chi connectivity index (χ1) is 8.03. The zero-order chi connectivity index (χ0) is 12.5. The van der Waals surface area contributed by atoms with E-state index in [9.17, 15) is 8.42 Å². The Kier molecular flexibility index (Phi) is 3.38. The van der Waals surface area contributed by atoms with E-state index in [2.05, 4.69) is 4.98 Å². The molecule has 0 amide bonds. The van der Waals surface area contributed by atoms with Crippen LogP contribution in [-0.4, -0.2) is 25.8 Å². The number of hydrogen-bond acceptors (Lipinski definition) is 4. The highest BCUT2D eigenvalue weighted by Gasteiger charge is 2.22. The van der Waals surface area contributed by atoms with Crippen molar-refractivity contribution in [1.29, 1.82) is 0 Å². The molecule has 0 aliphatic heterocycles. The number of aryl methyl sites for hydroxylation is 1. The summed E-state index contributed by atoms with van der Waals surface area (Å²) in [6.45, 7) is 4.17. The maximum atomic E-state index is 11.6. The fourth-order valence-electron chi connectivity index (χ4n) is 1.48. The second-order valence-corrected chi connectivity index (χ2v) is 6.67. The number of sulfone groups is 1. The summed E-state index contributed by atoms with van der Waals surface area (Å²) in [7, 11) is -3.22. The van der Waals surface area contributed by atoms with Gasteiger partial charge in [-0.15, -0.1) is 0 Å². The van der Waals surface area contributed by atoms with E-state index < -0.39 is 9.84 Å². The summed E-state index contributed by atoms with van der Waals surface area (Å²) in [5.74, 6) is 1.43. The molecule has 1 aliphatic rings. The fraction of sp³-hybridized carbons (Fsp3) is 0.583. The normalized spacial score (nSPS) is 15.9. The van der Waals surface area contributed by atoms with Gasteiger partial charge in [-0.3, -0.25) is 0 Å². The molecule has 1 heterocycles. The zero-order valence-electron chi connectivity index (χ0n) is 10.1. The number of aromatic nitrogens is 1. The molecule has 1 aromatic heterocycles. The van der Waals surface area contributed by atoms with Crippen LogP contribution in [0.3, 0.4) is 0 Å². The van der Waals surface area contributed by atoms with Crippen LogP contribution < -0.4 is 4.74 Å². The van der Waals surface area contributed by atoms with Crippen molar-refractivity contribution in [2.45, 2.75) is 31.7 Å². The summed E-state index contributed by atoms with van der Waals surface area (Å²) in [5, 5.41) is 0.135. The Labute approximate surface area is 102 Å². The highest BCUT2D eigenvalue weighted by molar-refractivity contribution is 7.91. The number of hydrogen-bond donors (Lipinski definition) is 0. The molecule has 5 heteroatoms. The lowest BCUT2D eigenvalue weighted by Crippen LogP contribution is -2.08. The molecule has 94 valence electrons. The third-order valence-corrected chi connectivity index (χ3v) is 4.53. The Bertz CT molecular complexity index is 506. The van der Waals surface area contributed by atoms with E-state index in [1.165, 1.54) is 19.0 Å². The molecule has 0 radical (unpaired) electrons. The largest absolute Gasteiger partial charge is 0.491 e. The van der Waals surface area contributed by atoms with Gasteiger partial charge in [0.15, 0.2) is 14.9 Å². The number of rotatable bonds is 5. The molecule has 4 nitrogen and oxygen atoms in total. The van der Waals surface area contributed by atoms with Crippen LogP contribution in [-0.2, 0) is 9.84 Å². The van der Waals surface area contributed by atoms with Crippen LogP contribution in [0, 0.1) is 12.8 Å². The fourth-order valence-corrected chi connectivity index (χ4v) is 2.34. The minimum absolute atomic E-state index is 0.0711. The van der Waals surface area contributed by atoms with Crippen molar-refractivity contribution in [3.8, 4) is 5.75 Å². The predicted molar refractivity (Wildman–Crippen MR) is 64.9 cm³/mol. The van der Waals surface area contributed by atoms with Crippen molar-refractivity contribution in [1.82, 2.24) is 4.98 Å². The summed E-state index contributed by atoms with van der Waals surface area (Å²) in [6, 6.07) is 1.58. The van der Waals surface area contributed by atoms with Gasteiger partial charge in [-0.05, 0) is 37.3 Å². The molecule has 0 unspecified atom stereocenters. The molecule has 1 fully saturated rings. The second-order valence-electron chi connectivity index (χ2n) is 4.45. The summed E-state index contributed by atoms with van der Waals surface area (Å²) < 4.78 is 28.9. The SMILES string of the molecule is CCS(=O)(=O)c1cc(C)c(OCC2CC2)cn1. The molecule has 0 atom stereocenters. The van der Waals surface area contributed by atoms with Crippen LogP contribution in [0.15, 0.2) is 17.3 Å². The topological polar surface area (TPSA) is 56.3 Å². The number of ether oxygens (including phenoxy) is 1. The molecule has 17 heavy (non-hydrogen) atoms. The van der Waals surface area contributed by atoms with Gasteiger partial charge in [-0.2, -0.15) is 0 Å². The van der Waals surface area contributed by atoms with Crippen molar-refractivity contribution in [2.75, 3.05) is 12.4 Å². The van der Waals surface area contributed by atoms with Gasteiger partial charge in [0.25, 0.3) is 0 Å². The van der Waals surface area contributed by atoms with Crippen LogP contribution in [0.25, 0.3) is 0 Å². The van der Waals surface area contributed by atoms with E-state index in [0.717, 1.165) is 5.56 Å². The predicted octanol–water partition coefficient (Wildman–Crippen LogP) is 1.97. The van der Waals surface area contributed by atoms with Crippen molar-refractivity contribution in [3.05, 3.63) is 17.8 Å². The zero-order valence-corrected chi connectivity index (χ0v) is 11.0. The Morgan fingerprint density at radius 2 is 2.18 bits per heavy atom. The monoisotopic (exact) mass is 255 g/mol. The van der Waals surface area contributed by atoms with E-state index in [-0.39, 0.29) is 10.8 Å². The van der Waals surface area contributed by atoms with Gasteiger partial charge in [0, 0.05) is 0 Å². The van der Waals surface area contributed by atoms with Gasteiger partial charge in [0.2, 0.25) is 0 Å². The second kappa shape index (κ2) is 4.64. The Morgan fingerprint density at radius 1 is 1.47 bits per heavy atom.